The molecular formula is C19H12N2O4. The van der Waals surface area contributed by atoms with Crippen molar-refractivity contribution < 1.29 is 19.5 Å². The highest BCUT2D eigenvalue weighted by molar-refractivity contribution is 6.36. The molecule has 122 valence electrons. The molecule has 0 atom stereocenters. The van der Waals surface area contributed by atoms with E-state index in [1.54, 1.807) is 24.3 Å². The van der Waals surface area contributed by atoms with Crippen molar-refractivity contribution in [1.29, 1.82) is 0 Å². The van der Waals surface area contributed by atoms with Gasteiger partial charge in [-0.25, -0.2) is 9.69 Å². The maximum Gasteiger partial charge on any atom is 0.335 e. The van der Waals surface area contributed by atoms with E-state index in [0.29, 0.717) is 27.6 Å². The molecule has 0 spiro atoms. The van der Waals surface area contributed by atoms with Crippen LogP contribution in [0.25, 0.3) is 10.8 Å². The third-order valence-corrected chi connectivity index (χ3v) is 4.22. The molecule has 0 unspecified atom stereocenters. The molecule has 0 bridgehead atoms. The number of carbonyl (C=O) groups excluding carboxylic acids is 2. The van der Waals surface area contributed by atoms with E-state index in [-0.39, 0.29) is 11.3 Å². The normalized spacial score (nSPS) is 13.4. The zero-order valence-corrected chi connectivity index (χ0v) is 12.9. The number of carbonyl (C=O) groups is 3. The van der Waals surface area contributed by atoms with Gasteiger partial charge in [0, 0.05) is 16.6 Å². The number of nitrogens with two attached hydrogens (primary N) is 1. The molecule has 3 aromatic carbocycles. The zero-order valence-electron chi connectivity index (χ0n) is 12.9. The maximum atomic E-state index is 12.9. The van der Waals surface area contributed by atoms with Gasteiger partial charge in [0.05, 0.1) is 16.8 Å². The van der Waals surface area contributed by atoms with Crippen molar-refractivity contribution in [3.05, 3.63) is 71.3 Å². The van der Waals surface area contributed by atoms with Gasteiger partial charge in [-0.1, -0.05) is 18.2 Å². The predicted octanol–water partition coefficient (Wildman–Crippen LogP) is 2.92. The lowest BCUT2D eigenvalue weighted by Gasteiger charge is -2.27. The lowest BCUT2D eigenvalue weighted by atomic mass is 9.93. The summed E-state index contributed by atoms with van der Waals surface area (Å²) in [6, 6.07) is 14.1. The smallest absolute Gasteiger partial charge is 0.335 e. The molecule has 0 aromatic heterocycles. The zero-order chi connectivity index (χ0) is 17.7. The molecule has 1 heterocycles. The Bertz CT molecular complexity index is 1090. The standard InChI is InChI=1S/C19H12N2O4/c20-12-7-10-3-2-6-14-16(10)15(9-12)18(23)21(17(14)22)13-5-1-4-11(8-13)19(24)25/h1-9H,20H2,(H,24,25). The first-order valence-electron chi connectivity index (χ1n) is 7.52. The Labute approximate surface area is 142 Å². The van der Waals surface area contributed by atoms with Crippen LogP contribution >= 0.6 is 0 Å². The number of hydrogen-bond donors (Lipinski definition) is 2. The van der Waals surface area contributed by atoms with E-state index in [9.17, 15) is 14.4 Å². The van der Waals surface area contributed by atoms with Crippen LogP contribution < -0.4 is 10.6 Å². The number of rotatable bonds is 2. The molecular weight excluding hydrogens is 320 g/mol. The van der Waals surface area contributed by atoms with Gasteiger partial charge in [-0.05, 0) is 41.8 Å². The van der Waals surface area contributed by atoms with Gasteiger partial charge in [-0.15, -0.1) is 0 Å². The number of amides is 2. The van der Waals surface area contributed by atoms with Crippen molar-refractivity contribution in [3.8, 4) is 0 Å². The van der Waals surface area contributed by atoms with Gasteiger partial charge in [-0.2, -0.15) is 0 Å². The Hall–Kier alpha value is -3.67. The number of imide groups is 1. The van der Waals surface area contributed by atoms with Crippen molar-refractivity contribution in [2.45, 2.75) is 0 Å². The van der Waals surface area contributed by atoms with Crippen molar-refractivity contribution >= 4 is 39.9 Å². The highest BCUT2D eigenvalue weighted by Crippen LogP contribution is 2.34. The molecule has 0 saturated heterocycles. The van der Waals surface area contributed by atoms with E-state index in [2.05, 4.69) is 0 Å². The van der Waals surface area contributed by atoms with Gasteiger partial charge in [0.15, 0.2) is 0 Å². The summed E-state index contributed by atoms with van der Waals surface area (Å²) in [5, 5.41) is 10.4. The molecule has 0 aliphatic carbocycles. The van der Waals surface area contributed by atoms with Crippen LogP contribution in [0.5, 0.6) is 0 Å². The number of nitrogens with zero attached hydrogens (tertiary/aromatic N) is 1. The Morgan fingerprint density at radius 3 is 2.40 bits per heavy atom. The van der Waals surface area contributed by atoms with E-state index in [4.69, 9.17) is 10.8 Å². The fraction of sp³-hybridized carbons (Fsp3) is 0. The monoisotopic (exact) mass is 332 g/mol. The molecule has 4 rings (SSSR count). The number of carboxylic acids is 1. The number of anilines is 2. The van der Waals surface area contributed by atoms with Crippen LogP contribution in [-0.4, -0.2) is 22.9 Å². The van der Waals surface area contributed by atoms with Crippen LogP contribution in [0.1, 0.15) is 31.1 Å². The Morgan fingerprint density at radius 1 is 0.920 bits per heavy atom. The minimum Gasteiger partial charge on any atom is -0.478 e. The quantitative estimate of drug-likeness (QED) is 0.555. The van der Waals surface area contributed by atoms with E-state index in [0.717, 1.165) is 4.90 Å². The Balaban J connectivity index is 1.96. The topological polar surface area (TPSA) is 101 Å². The summed E-state index contributed by atoms with van der Waals surface area (Å²) in [5.41, 5.74) is 7.21. The minimum absolute atomic E-state index is 0.00492. The fourth-order valence-electron chi connectivity index (χ4n) is 3.14. The van der Waals surface area contributed by atoms with Crippen LogP contribution in [0.3, 0.4) is 0 Å². The van der Waals surface area contributed by atoms with Crippen molar-refractivity contribution in [1.82, 2.24) is 0 Å². The highest BCUT2D eigenvalue weighted by atomic mass is 16.4. The summed E-state index contributed by atoms with van der Waals surface area (Å²) in [4.78, 5) is 38.0. The molecule has 0 saturated carbocycles. The molecule has 2 amide bonds. The first kappa shape index (κ1) is 14.9. The van der Waals surface area contributed by atoms with Crippen LogP contribution in [0.15, 0.2) is 54.6 Å². The molecule has 1 aliphatic heterocycles. The average molecular weight is 332 g/mol. The third-order valence-electron chi connectivity index (χ3n) is 4.22. The lowest BCUT2D eigenvalue weighted by molar-refractivity contribution is 0.0695. The summed E-state index contributed by atoms with van der Waals surface area (Å²) in [5.74, 6) is -2.15. The summed E-state index contributed by atoms with van der Waals surface area (Å²) < 4.78 is 0. The first-order chi connectivity index (χ1) is 12.0. The number of benzene rings is 3. The molecule has 3 aromatic rings. The van der Waals surface area contributed by atoms with Crippen LogP contribution in [0.4, 0.5) is 11.4 Å². The van der Waals surface area contributed by atoms with Crippen LogP contribution in [-0.2, 0) is 0 Å². The predicted molar refractivity (Wildman–Crippen MR) is 92.9 cm³/mol. The number of carboxylic acid groups (broad SMARTS) is 1. The Morgan fingerprint density at radius 2 is 1.64 bits per heavy atom. The van der Waals surface area contributed by atoms with Gasteiger partial charge in [0.1, 0.15) is 0 Å². The molecule has 25 heavy (non-hydrogen) atoms. The van der Waals surface area contributed by atoms with Crippen molar-refractivity contribution in [3.63, 3.8) is 0 Å². The summed E-state index contributed by atoms with van der Waals surface area (Å²) in [6.45, 7) is 0. The van der Waals surface area contributed by atoms with E-state index in [1.165, 1.54) is 30.3 Å². The van der Waals surface area contributed by atoms with E-state index in [1.807, 2.05) is 0 Å². The molecule has 0 radical (unpaired) electrons. The fourth-order valence-corrected chi connectivity index (χ4v) is 3.14. The number of hydrogen-bond acceptors (Lipinski definition) is 4. The number of aromatic carboxylic acids is 1. The van der Waals surface area contributed by atoms with Crippen LogP contribution in [0.2, 0.25) is 0 Å². The second-order valence-corrected chi connectivity index (χ2v) is 5.77. The average Bonchev–Trinajstić information content (AvgIpc) is 2.59. The van der Waals surface area contributed by atoms with Gasteiger partial charge >= 0.3 is 5.97 Å². The first-order valence-corrected chi connectivity index (χ1v) is 7.52. The largest absolute Gasteiger partial charge is 0.478 e. The molecule has 0 fully saturated rings. The summed E-state index contributed by atoms with van der Waals surface area (Å²) in [6.07, 6.45) is 0. The summed E-state index contributed by atoms with van der Waals surface area (Å²) >= 11 is 0. The van der Waals surface area contributed by atoms with Crippen molar-refractivity contribution in [2.75, 3.05) is 10.6 Å². The van der Waals surface area contributed by atoms with Gasteiger partial charge in [-0.3, -0.25) is 9.59 Å². The maximum absolute atomic E-state index is 12.9. The van der Waals surface area contributed by atoms with Crippen LogP contribution in [0, 0.1) is 0 Å². The highest BCUT2D eigenvalue weighted by Gasteiger charge is 2.34. The lowest BCUT2D eigenvalue weighted by Crippen LogP contribution is -2.40. The second kappa shape index (κ2) is 5.17. The van der Waals surface area contributed by atoms with Gasteiger partial charge in [0.2, 0.25) is 0 Å². The molecule has 6 heteroatoms. The van der Waals surface area contributed by atoms with E-state index < -0.39 is 17.8 Å². The second-order valence-electron chi connectivity index (χ2n) is 5.77. The SMILES string of the molecule is Nc1cc2c3c(cccc3c1)C(=O)N(c1cccc(C(=O)O)c1)C2=O. The molecule has 1 aliphatic rings. The van der Waals surface area contributed by atoms with Gasteiger partial charge in [0.25, 0.3) is 11.8 Å². The van der Waals surface area contributed by atoms with E-state index >= 15 is 0 Å². The molecule has 3 N–H and O–H groups in total. The van der Waals surface area contributed by atoms with Gasteiger partial charge < -0.3 is 10.8 Å². The molecule has 6 nitrogen and oxygen atoms in total. The van der Waals surface area contributed by atoms with Crippen molar-refractivity contribution in [2.24, 2.45) is 0 Å². The minimum atomic E-state index is -1.13. The Kier molecular flexibility index (Phi) is 3.08. The number of nitrogen functional groups attached to an aromatic ring is 1. The summed E-state index contributed by atoms with van der Waals surface area (Å²) in [7, 11) is 0. The third kappa shape index (κ3) is 2.15.